The van der Waals surface area contributed by atoms with Crippen molar-refractivity contribution < 1.29 is 4.74 Å². The van der Waals surface area contributed by atoms with Gasteiger partial charge >= 0.3 is 0 Å². The normalized spacial score (nSPS) is 9.50. The predicted octanol–water partition coefficient (Wildman–Crippen LogP) is 1.19. The fraction of sp³-hybridized carbons (Fsp3) is 0.250. The number of rotatable bonds is 1. The SMILES string of the molecule is COc1c(Cl)nnnc1Cl. The zero-order valence-electron chi connectivity index (χ0n) is 5.01. The highest BCUT2D eigenvalue weighted by Gasteiger charge is 2.07. The maximum atomic E-state index is 5.51. The van der Waals surface area contributed by atoms with Gasteiger partial charge in [0.1, 0.15) is 0 Å². The van der Waals surface area contributed by atoms with Gasteiger partial charge in [-0.05, 0) is 5.21 Å². The number of hydrogen-bond acceptors (Lipinski definition) is 4. The van der Waals surface area contributed by atoms with Crippen LogP contribution in [0.2, 0.25) is 10.3 Å². The van der Waals surface area contributed by atoms with Crippen molar-refractivity contribution in [3.05, 3.63) is 10.3 Å². The van der Waals surface area contributed by atoms with Gasteiger partial charge < -0.3 is 4.74 Å². The zero-order chi connectivity index (χ0) is 7.56. The quantitative estimate of drug-likeness (QED) is 0.651. The first-order valence-corrected chi connectivity index (χ1v) is 3.09. The van der Waals surface area contributed by atoms with E-state index in [-0.39, 0.29) is 16.1 Å². The number of halogens is 2. The Balaban J connectivity index is 3.17. The topological polar surface area (TPSA) is 47.9 Å². The molecule has 0 fully saturated rings. The number of ether oxygens (including phenoxy) is 1. The zero-order valence-corrected chi connectivity index (χ0v) is 6.52. The Bertz CT molecular complexity index is 222. The standard InChI is InChI=1S/C4H3Cl2N3O/c1-10-2-3(5)7-9-8-4(2)6/h1H3. The third kappa shape index (κ3) is 1.27. The van der Waals surface area contributed by atoms with Gasteiger partial charge in [-0.2, -0.15) is 0 Å². The molecule has 10 heavy (non-hydrogen) atoms. The molecule has 0 N–H and O–H groups in total. The minimum Gasteiger partial charge on any atom is -0.491 e. The van der Waals surface area contributed by atoms with Crippen LogP contribution in [0.15, 0.2) is 0 Å². The summed E-state index contributed by atoms with van der Waals surface area (Å²) in [5, 5.41) is 10.3. The van der Waals surface area contributed by atoms with Gasteiger partial charge in [-0.1, -0.05) is 23.2 Å². The van der Waals surface area contributed by atoms with Gasteiger partial charge in [0.25, 0.3) is 0 Å². The predicted molar refractivity (Wildman–Crippen MR) is 36.4 cm³/mol. The summed E-state index contributed by atoms with van der Waals surface area (Å²) >= 11 is 11.0. The summed E-state index contributed by atoms with van der Waals surface area (Å²) in [6.45, 7) is 0. The van der Waals surface area contributed by atoms with Crippen LogP contribution in [0.4, 0.5) is 0 Å². The van der Waals surface area contributed by atoms with E-state index < -0.39 is 0 Å². The lowest BCUT2D eigenvalue weighted by Gasteiger charge is -1.99. The highest BCUT2D eigenvalue weighted by Crippen LogP contribution is 2.26. The summed E-state index contributed by atoms with van der Waals surface area (Å²) in [4.78, 5) is 0. The molecule has 0 bridgehead atoms. The van der Waals surface area contributed by atoms with Gasteiger partial charge in [0.15, 0.2) is 16.1 Å². The summed E-state index contributed by atoms with van der Waals surface area (Å²) < 4.78 is 4.75. The van der Waals surface area contributed by atoms with Gasteiger partial charge in [-0.25, -0.2) is 0 Å². The highest BCUT2D eigenvalue weighted by molar-refractivity contribution is 6.35. The van der Waals surface area contributed by atoms with Crippen molar-refractivity contribution in [2.24, 2.45) is 0 Å². The highest BCUT2D eigenvalue weighted by atomic mass is 35.5. The van der Waals surface area contributed by atoms with Gasteiger partial charge in [-0.3, -0.25) is 0 Å². The molecule has 1 heterocycles. The molecule has 0 amide bonds. The molecule has 0 saturated carbocycles. The van der Waals surface area contributed by atoms with E-state index in [2.05, 4.69) is 15.4 Å². The maximum Gasteiger partial charge on any atom is 0.198 e. The Morgan fingerprint density at radius 3 is 2.00 bits per heavy atom. The average molecular weight is 180 g/mol. The smallest absolute Gasteiger partial charge is 0.198 e. The summed E-state index contributed by atoms with van der Waals surface area (Å²) in [7, 11) is 1.43. The molecule has 0 unspecified atom stereocenters. The van der Waals surface area contributed by atoms with E-state index in [4.69, 9.17) is 27.9 Å². The van der Waals surface area contributed by atoms with E-state index in [1.165, 1.54) is 7.11 Å². The molecular weight excluding hydrogens is 177 g/mol. The molecule has 0 radical (unpaired) electrons. The molecular formula is C4H3Cl2N3O. The van der Waals surface area contributed by atoms with Gasteiger partial charge in [0.05, 0.1) is 7.11 Å². The van der Waals surface area contributed by atoms with Crippen LogP contribution >= 0.6 is 23.2 Å². The Morgan fingerprint density at radius 1 is 1.20 bits per heavy atom. The monoisotopic (exact) mass is 179 g/mol. The van der Waals surface area contributed by atoms with Gasteiger partial charge in [0, 0.05) is 0 Å². The molecule has 54 valence electrons. The molecule has 4 nitrogen and oxygen atoms in total. The van der Waals surface area contributed by atoms with E-state index in [1.807, 2.05) is 0 Å². The van der Waals surface area contributed by atoms with E-state index in [1.54, 1.807) is 0 Å². The number of methoxy groups -OCH3 is 1. The van der Waals surface area contributed by atoms with E-state index in [0.29, 0.717) is 0 Å². The lowest BCUT2D eigenvalue weighted by atomic mass is 10.6. The summed E-state index contributed by atoms with van der Waals surface area (Å²) in [5.41, 5.74) is 0. The van der Waals surface area contributed by atoms with Crippen molar-refractivity contribution in [2.75, 3.05) is 7.11 Å². The lowest BCUT2D eigenvalue weighted by Crippen LogP contribution is -1.93. The third-order valence-corrected chi connectivity index (χ3v) is 1.34. The van der Waals surface area contributed by atoms with Crippen LogP contribution in [0.3, 0.4) is 0 Å². The van der Waals surface area contributed by atoms with Crippen LogP contribution < -0.4 is 4.74 Å². The summed E-state index contributed by atoms with van der Waals surface area (Å²) in [6.07, 6.45) is 0. The summed E-state index contributed by atoms with van der Waals surface area (Å²) in [5.74, 6) is 0.248. The Kier molecular flexibility index (Phi) is 2.24. The molecule has 1 aromatic rings. The first-order chi connectivity index (χ1) is 4.75. The van der Waals surface area contributed by atoms with Gasteiger partial charge in [0.2, 0.25) is 0 Å². The molecule has 1 rings (SSSR count). The lowest BCUT2D eigenvalue weighted by molar-refractivity contribution is 0.408. The first kappa shape index (κ1) is 7.50. The second kappa shape index (κ2) is 2.98. The van der Waals surface area contributed by atoms with Crippen molar-refractivity contribution in [3.63, 3.8) is 0 Å². The van der Waals surface area contributed by atoms with Crippen LogP contribution in [-0.2, 0) is 0 Å². The number of aromatic nitrogens is 3. The van der Waals surface area contributed by atoms with Crippen molar-refractivity contribution in [1.29, 1.82) is 0 Å². The second-order valence-corrected chi connectivity index (χ2v) is 2.12. The van der Waals surface area contributed by atoms with Crippen LogP contribution in [0, 0.1) is 0 Å². The Labute approximate surface area is 67.1 Å². The number of nitrogens with zero attached hydrogens (tertiary/aromatic N) is 3. The maximum absolute atomic E-state index is 5.51. The minimum absolute atomic E-state index is 0.113. The molecule has 6 heteroatoms. The first-order valence-electron chi connectivity index (χ1n) is 2.34. The molecule has 0 aromatic carbocycles. The molecule has 1 aromatic heterocycles. The van der Waals surface area contributed by atoms with Crippen molar-refractivity contribution >= 4 is 23.2 Å². The van der Waals surface area contributed by atoms with Crippen molar-refractivity contribution in [1.82, 2.24) is 15.4 Å². The molecule has 0 aliphatic carbocycles. The third-order valence-electron chi connectivity index (χ3n) is 0.844. The second-order valence-electron chi connectivity index (χ2n) is 1.40. The fourth-order valence-corrected chi connectivity index (χ4v) is 0.895. The molecule has 0 spiro atoms. The number of hydrogen-bond donors (Lipinski definition) is 0. The largest absolute Gasteiger partial charge is 0.491 e. The van der Waals surface area contributed by atoms with E-state index in [9.17, 15) is 0 Å². The van der Waals surface area contributed by atoms with Gasteiger partial charge in [-0.15, -0.1) is 10.2 Å². The van der Waals surface area contributed by atoms with Crippen LogP contribution in [0.25, 0.3) is 0 Å². The van der Waals surface area contributed by atoms with Crippen LogP contribution in [0.1, 0.15) is 0 Å². The van der Waals surface area contributed by atoms with Crippen molar-refractivity contribution in [3.8, 4) is 5.75 Å². The molecule has 0 aliphatic heterocycles. The average Bonchev–Trinajstić information content (AvgIpc) is 1.88. The van der Waals surface area contributed by atoms with E-state index >= 15 is 0 Å². The molecule has 0 saturated heterocycles. The Morgan fingerprint density at radius 2 is 1.70 bits per heavy atom. The molecule has 0 atom stereocenters. The van der Waals surface area contributed by atoms with Crippen molar-refractivity contribution in [2.45, 2.75) is 0 Å². The van der Waals surface area contributed by atoms with Crippen LogP contribution in [-0.4, -0.2) is 22.5 Å². The fourth-order valence-electron chi connectivity index (χ4n) is 0.445. The molecule has 0 aliphatic rings. The van der Waals surface area contributed by atoms with E-state index in [0.717, 1.165) is 0 Å². The summed E-state index contributed by atoms with van der Waals surface area (Å²) in [6, 6.07) is 0. The Hall–Kier alpha value is -0.610. The minimum atomic E-state index is 0.113. The van der Waals surface area contributed by atoms with Crippen LogP contribution in [0.5, 0.6) is 5.75 Å².